The van der Waals surface area contributed by atoms with Gasteiger partial charge in [-0.15, -0.1) is 0 Å². The molecule has 5 N–H and O–H groups in total. The SMILES string of the molecule is CC(C)C[C@H](NC(=O)[C@@H](N)Cc1ccc(F)cc1)B(O)O. The fourth-order valence-corrected chi connectivity index (χ4v) is 2.02. The Bertz CT molecular complexity index is 454. The molecule has 0 aliphatic rings. The maximum Gasteiger partial charge on any atom is 0.475 e. The number of hydrogen-bond acceptors (Lipinski definition) is 4. The first-order valence-corrected chi connectivity index (χ1v) is 6.96. The average Bonchev–Trinajstić information content (AvgIpc) is 2.39. The molecule has 0 aliphatic heterocycles. The standard InChI is InChI=1S/C14H22BFN2O3/c1-9(2)7-13(15(20)21)18-14(19)12(17)8-10-3-5-11(16)6-4-10/h3-6,9,12-13,20-21H,7-8,17H2,1-2H3,(H,18,19)/t12-,13-/m0/s1. The molecule has 1 aromatic rings. The zero-order valence-corrected chi connectivity index (χ0v) is 12.3. The molecular weight excluding hydrogens is 274 g/mol. The maximum atomic E-state index is 12.8. The molecule has 0 saturated carbocycles. The molecule has 0 bridgehead atoms. The van der Waals surface area contributed by atoms with Crippen molar-refractivity contribution in [2.75, 3.05) is 0 Å². The summed E-state index contributed by atoms with van der Waals surface area (Å²) in [6.45, 7) is 3.83. The smallest absolute Gasteiger partial charge is 0.426 e. The largest absolute Gasteiger partial charge is 0.475 e. The molecule has 5 nitrogen and oxygen atoms in total. The molecule has 0 saturated heterocycles. The van der Waals surface area contributed by atoms with Gasteiger partial charge in [0.2, 0.25) is 5.91 Å². The second kappa shape index (κ2) is 8.12. The van der Waals surface area contributed by atoms with Crippen LogP contribution in [0.3, 0.4) is 0 Å². The van der Waals surface area contributed by atoms with E-state index < -0.39 is 25.0 Å². The molecule has 7 heteroatoms. The van der Waals surface area contributed by atoms with Gasteiger partial charge < -0.3 is 21.1 Å². The van der Waals surface area contributed by atoms with Crippen molar-refractivity contribution in [3.05, 3.63) is 35.6 Å². The normalized spacial score (nSPS) is 13.9. The number of nitrogens with one attached hydrogen (secondary N) is 1. The topological polar surface area (TPSA) is 95.6 Å². The van der Waals surface area contributed by atoms with Gasteiger partial charge in [0.05, 0.1) is 12.0 Å². The lowest BCUT2D eigenvalue weighted by molar-refractivity contribution is -0.122. The summed E-state index contributed by atoms with van der Waals surface area (Å²) in [5.74, 6) is -1.36. The third-order valence-corrected chi connectivity index (χ3v) is 3.12. The van der Waals surface area contributed by atoms with E-state index in [2.05, 4.69) is 5.32 Å². The minimum atomic E-state index is -1.63. The van der Waals surface area contributed by atoms with Crippen molar-refractivity contribution in [1.29, 1.82) is 0 Å². The van der Waals surface area contributed by atoms with Gasteiger partial charge in [0.1, 0.15) is 5.82 Å². The Morgan fingerprint density at radius 1 is 1.33 bits per heavy atom. The van der Waals surface area contributed by atoms with Crippen LogP contribution in [-0.4, -0.2) is 35.1 Å². The average molecular weight is 296 g/mol. The van der Waals surface area contributed by atoms with Gasteiger partial charge in [0.25, 0.3) is 0 Å². The summed E-state index contributed by atoms with van der Waals surface area (Å²) in [6, 6.07) is 4.91. The summed E-state index contributed by atoms with van der Waals surface area (Å²) in [7, 11) is -1.63. The lowest BCUT2D eigenvalue weighted by atomic mass is 9.75. The molecule has 1 rings (SSSR count). The molecule has 1 amide bonds. The van der Waals surface area contributed by atoms with Gasteiger partial charge in [-0.2, -0.15) is 0 Å². The van der Waals surface area contributed by atoms with Crippen LogP contribution in [0.4, 0.5) is 4.39 Å². The highest BCUT2D eigenvalue weighted by Crippen LogP contribution is 2.08. The van der Waals surface area contributed by atoms with E-state index in [1.54, 1.807) is 12.1 Å². The monoisotopic (exact) mass is 296 g/mol. The predicted molar refractivity (Wildman–Crippen MR) is 79.7 cm³/mol. The molecule has 0 spiro atoms. The van der Waals surface area contributed by atoms with Crippen LogP contribution >= 0.6 is 0 Å². The first-order valence-electron chi connectivity index (χ1n) is 6.96. The van der Waals surface area contributed by atoms with Gasteiger partial charge in [-0.3, -0.25) is 4.79 Å². The number of nitrogens with two attached hydrogens (primary N) is 1. The van der Waals surface area contributed by atoms with Gasteiger partial charge in [0.15, 0.2) is 0 Å². The number of carbonyl (C=O) groups is 1. The quantitative estimate of drug-likeness (QED) is 0.542. The fourth-order valence-electron chi connectivity index (χ4n) is 2.02. The fraction of sp³-hybridized carbons (Fsp3) is 0.500. The number of amides is 1. The highest BCUT2D eigenvalue weighted by atomic mass is 19.1. The first kappa shape index (κ1) is 17.6. The maximum absolute atomic E-state index is 12.8. The second-order valence-electron chi connectivity index (χ2n) is 5.60. The number of halogens is 1. The Hall–Kier alpha value is -1.44. The zero-order valence-electron chi connectivity index (χ0n) is 12.3. The lowest BCUT2D eigenvalue weighted by Gasteiger charge is -2.21. The summed E-state index contributed by atoms with van der Waals surface area (Å²) in [5.41, 5.74) is 6.54. The minimum Gasteiger partial charge on any atom is -0.426 e. The van der Waals surface area contributed by atoms with E-state index in [9.17, 15) is 19.2 Å². The second-order valence-corrected chi connectivity index (χ2v) is 5.60. The van der Waals surface area contributed by atoms with Crippen LogP contribution in [0, 0.1) is 11.7 Å². The predicted octanol–water partition coefficient (Wildman–Crippen LogP) is 0.238. The number of carbonyl (C=O) groups excluding carboxylic acids is 1. The van der Waals surface area contributed by atoms with E-state index in [1.165, 1.54) is 12.1 Å². The number of benzene rings is 1. The number of rotatable bonds is 7. The van der Waals surface area contributed by atoms with Crippen molar-refractivity contribution in [2.45, 2.75) is 38.7 Å². The Kier molecular flexibility index (Phi) is 6.81. The molecule has 0 radical (unpaired) electrons. The third kappa shape index (κ3) is 6.24. The first-order chi connectivity index (χ1) is 9.79. The Morgan fingerprint density at radius 2 is 1.90 bits per heavy atom. The number of hydrogen-bond donors (Lipinski definition) is 4. The highest BCUT2D eigenvalue weighted by Gasteiger charge is 2.27. The van der Waals surface area contributed by atoms with Crippen molar-refractivity contribution < 1.29 is 19.2 Å². The zero-order chi connectivity index (χ0) is 16.0. The third-order valence-electron chi connectivity index (χ3n) is 3.12. The van der Waals surface area contributed by atoms with Crippen LogP contribution in [0.2, 0.25) is 0 Å². The molecule has 1 aromatic carbocycles. The van der Waals surface area contributed by atoms with Crippen LogP contribution in [-0.2, 0) is 11.2 Å². The van der Waals surface area contributed by atoms with Gasteiger partial charge in [-0.05, 0) is 36.5 Å². The van der Waals surface area contributed by atoms with E-state index >= 15 is 0 Å². The summed E-state index contributed by atoms with van der Waals surface area (Å²) >= 11 is 0. The van der Waals surface area contributed by atoms with Gasteiger partial charge in [0, 0.05) is 0 Å². The molecular formula is C14H22BFN2O3. The van der Waals surface area contributed by atoms with Crippen LogP contribution < -0.4 is 11.1 Å². The molecule has 2 atom stereocenters. The highest BCUT2D eigenvalue weighted by molar-refractivity contribution is 6.43. The minimum absolute atomic E-state index is 0.199. The molecule has 0 aliphatic carbocycles. The Morgan fingerprint density at radius 3 is 2.38 bits per heavy atom. The van der Waals surface area contributed by atoms with E-state index in [0.29, 0.717) is 6.42 Å². The Labute approximate surface area is 124 Å². The van der Waals surface area contributed by atoms with Gasteiger partial charge in [-0.1, -0.05) is 26.0 Å². The summed E-state index contributed by atoms with van der Waals surface area (Å²) in [4.78, 5) is 12.0. The van der Waals surface area contributed by atoms with Crippen LogP contribution in [0.15, 0.2) is 24.3 Å². The summed E-state index contributed by atoms with van der Waals surface area (Å²) < 4.78 is 12.8. The van der Waals surface area contributed by atoms with Crippen LogP contribution in [0.25, 0.3) is 0 Å². The molecule has 0 aromatic heterocycles. The Balaban J connectivity index is 2.58. The van der Waals surface area contributed by atoms with Crippen molar-refractivity contribution >= 4 is 13.0 Å². The molecule has 0 fully saturated rings. The van der Waals surface area contributed by atoms with Crippen molar-refractivity contribution in [3.8, 4) is 0 Å². The van der Waals surface area contributed by atoms with Gasteiger partial charge >= 0.3 is 7.12 Å². The van der Waals surface area contributed by atoms with Crippen LogP contribution in [0.1, 0.15) is 25.8 Å². The van der Waals surface area contributed by atoms with Gasteiger partial charge in [-0.25, -0.2) is 4.39 Å². The van der Waals surface area contributed by atoms with Crippen LogP contribution in [0.5, 0.6) is 0 Å². The summed E-state index contributed by atoms with van der Waals surface area (Å²) in [5, 5.41) is 21.1. The molecule has 0 heterocycles. The van der Waals surface area contributed by atoms with E-state index in [1.807, 2.05) is 13.8 Å². The van der Waals surface area contributed by atoms with E-state index in [4.69, 9.17) is 5.73 Å². The van der Waals surface area contributed by atoms with Crippen molar-refractivity contribution in [3.63, 3.8) is 0 Å². The van der Waals surface area contributed by atoms with E-state index in [-0.39, 0.29) is 18.2 Å². The molecule has 21 heavy (non-hydrogen) atoms. The van der Waals surface area contributed by atoms with Crippen molar-refractivity contribution in [1.82, 2.24) is 5.32 Å². The summed E-state index contributed by atoms with van der Waals surface area (Å²) in [6.07, 6.45) is 0.689. The van der Waals surface area contributed by atoms with Crippen molar-refractivity contribution in [2.24, 2.45) is 11.7 Å². The lowest BCUT2D eigenvalue weighted by Crippen LogP contribution is -2.52. The molecule has 116 valence electrons. The van der Waals surface area contributed by atoms with E-state index in [0.717, 1.165) is 5.56 Å². The molecule has 0 unspecified atom stereocenters.